The van der Waals surface area contributed by atoms with Gasteiger partial charge in [-0.05, 0) is 26.2 Å². The van der Waals surface area contributed by atoms with Gasteiger partial charge in [-0.2, -0.15) is 5.10 Å². The standard InChI is InChI=1S/C15H24N4O2/c1-3-4-7-16-14(20)12-5-8-19(9-6-12)15(21)13-10-17-18-11(13)2/h10,12H,3-9H2,1-2H3,(H,16,20)(H,17,18). The quantitative estimate of drug-likeness (QED) is 0.807. The summed E-state index contributed by atoms with van der Waals surface area (Å²) in [6.45, 7) is 5.97. The van der Waals surface area contributed by atoms with Crippen LogP contribution < -0.4 is 5.32 Å². The van der Waals surface area contributed by atoms with Gasteiger partial charge in [0.1, 0.15) is 0 Å². The Hall–Kier alpha value is -1.85. The van der Waals surface area contributed by atoms with Crippen molar-refractivity contribution >= 4 is 11.8 Å². The molecule has 116 valence electrons. The second-order valence-electron chi connectivity index (χ2n) is 5.62. The number of aryl methyl sites for hydroxylation is 1. The molecule has 6 nitrogen and oxygen atoms in total. The zero-order valence-corrected chi connectivity index (χ0v) is 12.8. The summed E-state index contributed by atoms with van der Waals surface area (Å²) in [5, 5.41) is 9.65. The Morgan fingerprint density at radius 3 is 2.71 bits per heavy atom. The molecule has 1 aromatic heterocycles. The van der Waals surface area contributed by atoms with Crippen LogP contribution in [-0.4, -0.2) is 46.5 Å². The molecule has 0 aromatic carbocycles. The summed E-state index contributed by atoms with van der Waals surface area (Å²) < 4.78 is 0. The first-order valence-corrected chi connectivity index (χ1v) is 7.70. The molecule has 1 fully saturated rings. The number of H-pyrrole nitrogens is 1. The number of hydrogen-bond acceptors (Lipinski definition) is 3. The fraction of sp³-hybridized carbons (Fsp3) is 0.667. The predicted molar refractivity (Wildman–Crippen MR) is 79.9 cm³/mol. The van der Waals surface area contributed by atoms with Gasteiger partial charge in [0.15, 0.2) is 0 Å². The summed E-state index contributed by atoms with van der Waals surface area (Å²) in [6.07, 6.45) is 5.14. The predicted octanol–water partition coefficient (Wildman–Crippen LogP) is 1.49. The second-order valence-corrected chi connectivity index (χ2v) is 5.62. The Morgan fingerprint density at radius 1 is 1.43 bits per heavy atom. The van der Waals surface area contributed by atoms with E-state index in [1.807, 2.05) is 11.8 Å². The number of aromatic nitrogens is 2. The Bertz CT molecular complexity index is 490. The Labute approximate surface area is 125 Å². The molecule has 21 heavy (non-hydrogen) atoms. The summed E-state index contributed by atoms with van der Waals surface area (Å²) >= 11 is 0. The van der Waals surface area contributed by atoms with Gasteiger partial charge in [-0.3, -0.25) is 14.7 Å². The number of likely N-dealkylation sites (tertiary alicyclic amines) is 1. The van der Waals surface area contributed by atoms with Crippen molar-refractivity contribution < 1.29 is 9.59 Å². The van der Waals surface area contributed by atoms with Crippen molar-refractivity contribution in [3.8, 4) is 0 Å². The number of piperidine rings is 1. The highest BCUT2D eigenvalue weighted by Gasteiger charge is 2.28. The van der Waals surface area contributed by atoms with Gasteiger partial charge in [-0.1, -0.05) is 13.3 Å². The van der Waals surface area contributed by atoms with Gasteiger partial charge in [0.2, 0.25) is 5.91 Å². The van der Waals surface area contributed by atoms with E-state index in [4.69, 9.17) is 0 Å². The summed E-state index contributed by atoms with van der Waals surface area (Å²) in [5.41, 5.74) is 1.42. The normalized spacial score (nSPS) is 16.0. The van der Waals surface area contributed by atoms with E-state index in [0.29, 0.717) is 18.7 Å². The molecule has 0 radical (unpaired) electrons. The number of nitrogens with zero attached hydrogens (tertiary/aromatic N) is 2. The SMILES string of the molecule is CCCCNC(=O)C1CCN(C(=O)c2cn[nH]c2C)CC1. The van der Waals surface area contributed by atoms with Crippen LogP contribution in [0.5, 0.6) is 0 Å². The lowest BCUT2D eigenvalue weighted by molar-refractivity contribution is -0.126. The van der Waals surface area contributed by atoms with Gasteiger partial charge in [-0.25, -0.2) is 0 Å². The number of carbonyl (C=O) groups excluding carboxylic acids is 2. The van der Waals surface area contributed by atoms with E-state index in [9.17, 15) is 9.59 Å². The number of unbranched alkanes of at least 4 members (excludes halogenated alkanes) is 1. The summed E-state index contributed by atoms with van der Waals surface area (Å²) in [5.74, 6) is 0.178. The molecule has 0 atom stereocenters. The topological polar surface area (TPSA) is 78.1 Å². The molecule has 2 heterocycles. The van der Waals surface area contributed by atoms with Crippen LogP contribution in [-0.2, 0) is 4.79 Å². The molecule has 6 heteroatoms. The minimum absolute atomic E-state index is 0.00564. The molecule has 0 saturated carbocycles. The lowest BCUT2D eigenvalue weighted by Gasteiger charge is -2.31. The van der Waals surface area contributed by atoms with E-state index >= 15 is 0 Å². The molecule has 2 N–H and O–H groups in total. The molecule has 0 aliphatic carbocycles. The van der Waals surface area contributed by atoms with Gasteiger partial charge in [0, 0.05) is 31.2 Å². The van der Waals surface area contributed by atoms with E-state index in [-0.39, 0.29) is 17.7 Å². The molecule has 2 amide bonds. The molecular formula is C15H24N4O2. The van der Waals surface area contributed by atoms with Crippen molar-refractivity contribution in [1.29, 1.82) is 0 Å². The minimum atomic E-state index is 0.00564. The number of amides is 2. The van der Waals surface area contributed by atoms with Crippen molar-refractivity contribution in [2.45, 2.75) is 39.5 Å². The van der Waals surface area contributed by atoms with Crippen LogP contribution in [0.25, 0.3) is 0 Å². The highest BCUT2D eigenvalue weighted by molar-refractivity contribution is 5.95. The van der Waals surface area contributed by atoms with Crippen LogP contribution in [0.3, 0.4) is 0 Å². The van der Waals surface area contributed by atoms with Crippen molar-refractivity contribution in [3.05, 3.63) is 17.5 Å². The van der Waals surface area contributed by atoms with E-state index in [0.717, 1.165) is 37.9 Å². The summed E-state index contributed by atoms with van der Waals surface area (Å²) in [4.78, 5) is 26.2. The van der Waals surface area contributed by atoms with Gasteiger partial charge in [0.25, 0.3) is 5.91 Å². The molecule has 0 unspecified atom stereocenters. The third-order valence-electron chi connectivity index (χ3n) is 4.04. The molecule has 1 aromatic rings. The number of nitrogens with one attached hydrogen (secondary N) is 2. The van der Waals surface area contributed by atoms with Crippen molar-refractivity contribution in [2.24, 2.45) is 5.92 Å². The maximum absolute atomic E-state index is 12.3. The lowest BCUT2D eigenvalue weighted by atomic mass is 9.95. The highest BCUT2D eigenvalue weighted by Crippen LogP contribution is 2.19. The molecule has 0 spiro atoms. The van der Waals surface area contributed by atoms with Crippen LogP contribution in [0.4, 0.5) is 0 Å². The van der Waals surface area contributed by atoms with E-state index in [1.54, 1.807) is 6.20 Å². The van der Waals surface area contributed by atoms with Crippen LogP contribution in [0.15, 0.2) is 6.20 Å². The van der Waals surface area contributed by atoms with E-state index < -0.39 is 0 Å². The van der Waals surface area contributed by atoms with Crippen molar-refractivity contribution in [2.75, 3.05) is 19.6 Å². The fourth-order valence-corrected chi connectivity index (χ4v) is 2.61. The Kier molecular flexibility index (Phi) is 5.36. The lowest BCUT2D eigenvalue weighted by Crippen LogP contribution is -2.43. The maximum Gasteiger partial charge on any atom is 0.257 e. The number of aromatic amines is 1. The Morgan fingerprint density at radius 2 is 2.14 bits per heavy atom. The second kappa shape index (κ2) is 7.24. The first kappa shape index (κ1) is 15.5. The van der Waals surface area contributed by atoms with Crippen molar-refractivity contribution in [1.82, 2.24) is 20.4 Å². The monoisotopic (exact) mass is 292 g/mol. The molecule has 1 aliphatic rings. The van der Waals surface area contributed by atoms with E-state index in [1.165, 1.54) is 0 Å². The average molecular weight is 292 g/mol. The molecule has 1 aliphatic heterocycles. The van der Waals surface area contributed by atoms with Gasteiger partial charge in [-0.15, -0.1) is 0 Å². The molecular weight excluding hydrogens is 268 g/mol. The number of rotatable bonds is 5. The summed E-state index contributed by atoms with van der Waals surface area (Å²) in [6, 6.07) is 0. The fourth-order valence-electron chi connectivity index (χ4n) is 2.61. The average Bonchev–Trinajstić information content (AvgIpc) is 2.93. The first-order chi connectivity index (χ1) is 10.1. The zero-order chi connectivity index (χ0) is 15.2. The van der Waals surface area contributed by atoms with Crippen LogP contribution in [0.2, 0.25) is 0 Å². The third kappa shape index (κ3) is 3.83. The van der Waals surface area contributed by atoms with Gasteiger partial charge < -0.3 is 10.2 Å². The van der Waals surface area contributed by atoms with Crippen LogP contribution >= 0.6 is 0 Å². The zero-order valence-electron chi connectivity index (χ0n) is 12.8. The van der Waals surface area contributed by atoms with Crippen molar-refractivity contribution in [3.63, 3.8) is 0 Å². The third-order valence-corrected chi connectivity index (χ3v) is 4.04. The smallest absolute Gasteiger partial charge is 0.257 e. The Balaban J connectivity index is 1.82. The molecule has 0 bridgehead atoms. The molecule has 1 saturated heterocycles. The van der Waals surface area contributed by atoms with E-state index in [2.05, 4.69) is 22.4 Å². The summed E-state index contributed by atoms with van der Waals surface area (Å²) in [7, 11) is 0. The number of carbonyl (C=O) groups is 2. The van der Waals surface area contributed by atoms with Crippen LogP contribution in [0, 0.1) is 12.8 Å². The van der Waals surface area contributed by atoms with Gasteiger partial charge >= 0.3 is 0 Å². The first-order valence-electron chi connectivity index (χ1n) is 7.70. The largest absolute Gasteiger partial charge is 0.356 e. The number of hydrogen-bond donors (Lipinski definition) is 2. The molecule has 2 rings (SSSR count). The maximum atomic E-state index is 12.3. The highest BCUT2D eigenvalue weighted by atomic mass is 16.2. The van der Waals surface area contributed by atoms with Gasteiger partial charge in [0.05, 0.1) is 11.8 Å². The van der Waals surface area contributed by atoms with Crippen LogP contribution in [0.1, 0.15) is 48.7 Å². The minimum Gasteiger partial charge on any atom is -0.356 e.